The molecule has 0 aliphatic carbocycles. The van der Waals surface area contributed by atoms with Crippen LogP contribution < -0.4 is 16.4 Å². The maximum Gasteiger partial charge on any atom is 0.338 e. The van der Waals surface area contributed by atoms with Gasteiger partial charge in [-0.3, -0.25) is 4.79 Å². The molecule has 1 aromatic carbocycles. The second-order valence-electron chi connectivity index (χ2n) is 5.90. The van der Waals surface area contributed by atoms with Gasteiger partial charge in [0.1, 0.15) is 0 Å². The molecule has 1 aromatic heterocycles. The van der Waals surface area contributed by atoms with E-state index in [4.69, 9.17) is 10.5 Å². The Labute approximate surface area is 161 Å². The van der Waals surface area contributed by atoms with Gasteiger partial charge < -0.3 is 21.1 Å². The van der Waals surface area contributed by atoms with Gasteiger partial charge in [-0.15, -0.1) is 11.3 Å². The first kappa shape index (κ1) is 20.4. The molecule has 27 heavy (non-hydrogen) atoms. The highest BCUT2D eigenvalue weighted by molar-refractivity contribution is 7.10. The fourth-order valence-corrected chi connectivity index (χ4v) is 3.14. The highest BCUT2D eigenvalue weighted by atomic mass is 32.1. The van der Waals surface area contributed by atoms with Gasteiger partial charge in [0.2, 0.25) is 5.91 Å². The zero-order valence-corrected chi connectivity index (χ0v) is 15.9. The molecule has 0 spiro atoms. The molecule has 0 radical (unpaired) electrons. The highest BCUT2D eigenvalue weighted by Crippen LogP contribution is 2.22. The molecule has 0 bridgehead atoms. The Morgan fingerprint density at radius 2 is 1.93 bits per heavy atom. The Bertz CT molecular complexity index is 760. The van der Waals surface area contributed by atoms with Gasteiger partial charge in [-0.05, 0) is 42.1 Å². The van der Waals surface area contributed by atoms with Crippen LogP contribution in [0.15, 0.2) is 41.8 Å². The summed E-state index contributed by atoms with van der Waals surface area (Å²) in [5, 5.41) is 7.18. The van der Waals surface area contributed by atoms with E-state index >= 15 is 0 Å². The Morgan fingerprint density at radius 1 is 1.19 bits per heavy atom. The number of anilines is 1. The van der Waals surface area contributed by atoms with Crippen molar-refractivity contribution in [1.82, 2.24) is 5.32 Å². The van der Waals surface area contributed by atoms with E-state index in [9.17, 15) is 14.4 Å². The number of carbonyl (C=O) groups excluding carboxylic acids is 3. The monoisotopic (exact) mass is 389 g/mol. The van der Waals surface area contributed by atoms with Crippen molar-refractivity contribution in [2.75, 3.05) is 11.9 Å². The number of nitrogens with two attached hydrogens (primary N) is 1. The molecular formula is C19H23N3O4S. The highest BCUT2D eigenvalue weighted by Gasteiger charge is 2.18. The van der Waals surface area contributed by atoms with Gasteiger partial charge >= 0.3 is 12.0 Å². The molecule has 2 aromatic rings. The molecule has 0 aliphatic heterocycles. The third kappa shape index (κ3) is 6.74. The third-order valence-corrected chi connectivity index (χ3v) is 4.71. The number of esters is 1. The van der Waals surface area contributed by atoms with Crippen LogP contribution in [-0.2, 0) is 9.53 Å². The van der Waals surface area contributed by atoms with E-state index in [0.29, 0.717) is 17.9 Å². The number of hydrogen-bond acceptors (Lipinski definition) is 5. The molecule has 1 atom stereocenters. The van der Waals surface area contributed by atoms with E-state index < -0.39 is 12.1 Å². The minimum Gasteiger partial charge on any atom is -0.462 e. The number of rotatable bonds is 9. The van der Waals surface area contributed by atoms with E-state index in [0.717, 1.165) is 17.7 Å². The van der Waals surface area contributed by atoms with E-state index in [2.05, 4.69) is 10.6 Å². The minimum atomic E-state index is -0.688. The third-order valence-electron chi connectivity index (χ3n) is 3.73. The summed E-state index contributed by atoms with van der Waals surface area (Å²) in [5.74, 6) is -0.662. The maximum atomic E-state index is 12.3. The SMILES string of the molecule is CCCCOC(=O)c1ccc(NC(=O)CC(NC(N)=O)c2cccs2)cc1. The largest absolute Gasteiger partial charge is 0.462 e. The lowest BCUT2D eigenvalue weighted by Crippen LogP contribution is -2.34. The van der Waals surface area contributed by atoms with Crippen molar-refractivity contribution >= 4 is 34.9 Å². The summed E-state index contributed by atoms with van der Waals surface area (Å²) in [6.07, 6.45) is 1.82. The smallest absolute Gasteiger partial charge is 0.338 e. The first-order chi connectivity index (χ1) is 13.0. The van der Waals surface area contributed by atoms with Crippen molar-refractivity contribution in [2.45, 2.75) is 32.2 Å². The minimum absolute atomic E-state index is 0.0459. The molecule has 7 nitrogen and oxygen atoms in total. The number of urea groups is 1. The van der Waals surface area contributed by atoms with Gasteiger partial charge in [-0.2, -0.15) is 0 Å². The quantitative estimate of drug-likeness (QED) is 0.450. The first-order valence-corrected chi connectivity index (χ1v) is 9.54. The summed E-state index contributed by atoms with van der Waals surface area (Å²) in [6, 6.07) is 8.96. The van der Waals surface area contributed by atoms with Crippen LogP contribution in [0.5, 0.6) is 0 Å². The fourth-order valence-electron chi connectivity index (χ4n) is 2.36. The van der Waals surface area contributed by atoms with Crippen molar-refractivity contribution in [3.63, 3.8) is 0 Å². The topological polar surface area (TPSA) is 111 Å². The van der Waals surface area contributed by atoms with E-state index in [1.807, 2.05) is 24.4 Å². The van der Waals surface area contributed by atoms with Crippen molar-refractivity contribution in [3.05, 3.63) is 52.2 Å². The lowest BCUT2D eigenvalue weighted by Gasteiger charge is -2.16. The van der Waals surface area contributed by atoms with Gasteiger partial charge in [0.25, 0.3) is 0 Å². The van der Waals surface area contributed by atoms with E-state index in [1.165, 1.54) is 11.3 Å². The summed E-state index contributed by atoms with van der Waals surface area (Å²) in [4.78, 5) is 36.2. The molecule has 8 heteroatoms. The number of ether oxygens (including phenoxy) is 1. The Balaban J connectivity index is 1.92. The molecule has 1 unspecified atom stereocenters. The van der Waals surface area contributed by atoms with Crippen molar-refractivity contribution < 1.29 is 19.1 Å². The van der Waals surface area contributed by atoms with Crippen LogP contribution in [0.2, 0.25) is 0 Å². The fraction of sp³-hybridized carbons (Fsp3) is 0.316. The predicted octanol–water partition coefficient (Wildman–Crippen LogP) is 3.44. The number of nitrogens with one attached hydrogen (secondary N) is 2. The zero-order valence-electron chi connectivity index (χ0n) is 15.1. The average Bonchev–Trinajstić information content (AvgIpc) is 3.16. The normalized spacial score (nSPS) is 11.4. The lowest BCUT2D eigenvalue weighted by atomic mass is 10.1. The number of thiophene rings is 1. The summed E-state index contributed by atoms with van der Waals surface area (Å²) < 4.78 is 5.14. The summed E-state index contributed by atoms with van der Waals surface area (Å²) in [5.41, 5.74) is 6.17. The number of hydrogen-bond donors (Lipinski definition) is 3. The van der Waals surface area contributed by atoms with Crippen LogP contribution in [0.3, 0.4) is 0 Å². The van der Waals surface area contributed by atoms with Crippen LogP contribution in [-0.4, -0.2) is 24.5 Å². The maximum absolute atomic E-state index is 12.3. The van der Waals surface area contributed by atoms with Gasteiger partial charge in [0.15, 0.2) is 0 Å². The molecule has 2 rings (SSSR count). The number of unbranched alkanes of at least 4 members (excludes halogenated alkanes) is 1. The molecule has 0 saturated carbocycles. The summed E-state index contributed by atoms with van der Waals surface area (Å²) in [6.45, 7) is 2.41. The zero-order chi connectivity index (χ0) is 19.6. The van der Waals surface area contributed by atoms with Gasteiger partial charge in [0.05, 0.1) is 24.6 Å². The second-order valence-corrected chi connectivity index (χ2v) is 6.87. The average molecular weight is 389 g/mol. The molecule has 0 fully saturated rings. The molecule has 0 aliphatic rings. The van der Waals surface area contributed by atoms with E-state index in [-0.39, 0.29) is 18.3 Å². The Morgan fingerprint density at radius 3 is 2.52 bits per heavy atom. The number of benzene rings is 1. The predicted molar refractivity (Wildman–Crippen MR) is 105 cm³/mol. The van der Waals surface area contributed by atoms with Crippen LogP contribution in [0.25, 0.3) is 0 Å². The van der Waals surface area contributed by atoms with Gasteiger partial charge in [-0.1, -0.05) is 19.4 Å². The van der Waals surface area contributed by atoms with Crippen LogP contribution in [0.4, 0.5) is 10.5 Å². The van der Waals surface area contributed by atoms with Crippen molar-refractivity contribution in [1.29, 1.82) is 0 Å². The molecule has 0 saturated heterocycles. The first-order valence-electron chi connectivity index (χ1n) is 8.66. The summed E-state index contributed by atoms with van der Waals surface area (Å²) >= 11 is 1.43. The number of carbonyl (C=O) groups is 3. The lowest BCUT2D eigenvalue weighted by molar-refractivity contribution is -0.116. The number of amides is 3. The van der Waals surface area contributed by atoms with Crippen LogP contribution >= 0.6 is 11.3 Å². The Hall–Kier alpha value is -2.87. The second kappa shape index (κ2) is 10.3. The van der Waals surface area contributed by atoms with Gasteiger partial charge in [-0.25, -0.2) is 9.59 Å². The van der Waals surface area contributed by atoms with Crippen molar-refractivity contribution in [2.24, 2.45) is 5.73 Å². The molecular weight excluding hydrogens is 366 g/mol. The molecule has 3 amide bonds. The Kier molecular flexibility index (Phi) is 7.81. The van der Waals surface area contributed by atoms with Crippen LogP contribution in [0.1, 0.15) is 47.5 Å². The standard InChI is InChI=1S/C19H23N3O4S/c1-2-3-10-26-18(24)13-6-8-14(9-7-13)21-17(23)12-15(22-19(20)25)16-5-4-11-27-16/h4-9,11,15H,2-3,10,12H2,1H3,(H,21,23)(H3,20,22,25). The van der Waals surface area contributed by atoms with Crippen LogP contribution in [0, 0.1) is 0 Å². The molecule has 4 N–H and O–H groups in total. The number of primary amides is 1. The van der Waals surface area contributed by atoms with E-state index in [1.54, 1.807) is 24.3 Å². The molecule has 144 valence electrons. The van der Waals surface area contributed by atoms with Crippen molar-refractivity contribution in [3.8, 4) is 0 Å². The molecule has 1 heterocycles. The van der Waals surface area contributed by atoms with Gasteiger partial charge in [0, 0.05) is 10.6 Å². The summed E-state index contributed by atoms with van der Waals surface area (Å²) in [7, 11) is 0.